The van der Waals surface area contributed by atoms with Gasteiger partial charge in [-0.1, -0.05) is 24.6 Å². The molecule has 1 aromatic rings. The summed E-state index contributed by atoms with van der Waals surface area (Å²) in [6, 6.07) is 5.71. The minimum Gasteiger partial charge on any atom is -0.314 e. The fourth-order valence-electron chi connectivity index (χ4n) is 1.99. The van der Waals surface area contributed by atoms with Crippen molar-refractivity contribution in [3.05, 3.63) is 34.6 Å². The molecule has 1 unspecified atom stereocenters. The average molecular weight is 256 g/mol. The van der Waals surface area contributed by atoms with Crippen LogP contribution in [0.5, 0.6) is 0 Å². The lowest BCUT2D eigenvalue weighted by molar-refractivity contribution is 0.485. The molecule has 0 radical (unpaired) electrons. The Morgan fingerprint density at radius 1 is 1.47 bits per heavy atom. The number of rotatable bonds is 6. The second kappa shape index (κ2) is 5.83. The first kappa shape index (κ1) is 12.8. The molecule has 0 aromatic heterocycles. The summed E-state index contributed by atoms with van der Waals surface area (Å²) < 4.78 is 13.6. The molecule has 0 spiro atoms. The average Bonchev–Trinajstić information content (AvgIpc) is 3.06. The fraction of sp³-hybridized carbons (Fsp3) is 0.571. The second-order valence-corrected chi connectivity index (χ2v) is 5.50. The largest absolute Gasteiger partial charge is 0.314 e. The van der Waals surface area contributed by atoms with Crippen LogP contribution in [0.3, 0.4) is 0 Å². The van der Waals surface area contributed by atoms with Crippen molar-refractivity contribution in [2.24, 2.45) is 5.92 Å². The van der Waals surface area contributed by atoms with Crippen LogP contribution in [0, 0.1) is 11.7 Å². The summed E-state index contributed by atoms with van der Waals surface area (Å²) in [6.07, 6.45) is 4.52. The molecule has 94 valence electrons. The molecule has 1 saturated carbocycles. The van der Waals surface area contributed by atoms with Gasteiger partial charge < -0.3 is 5.32 Å². The summed E-state index contributed by atoms with van der Waals surface area (Å²) in [6.45, 7) is 3.21. The van der Waals surface area contributed by atoms with E-state index >= 15 is 0 Å². The molecule has 2 rings (SSSR count). The zero-order valence-electron chi connectivity index (χ0n) is 10.2. The first-order chi connectivity index (χ1) is 8.15. The Balaban J connectivity index is 1.77. The number of halogens is 2. The molecule has 0 heterocycles. The van der Waals surface area contributed by atoms with E-state index in [9.17, 15) is 4.39 Å². The maximum atomic E-state index is 13.6. The maximum Gasteiger partial charge on any atom is 0.127 e. The molecule has 1 atom stereocenters. The summed E-state index contributed by atoms with van der Waals surface area (Å²) in [5.74, 6) is 0.316. The van der Waals surface area contributed by atoms with E-state index in [1.54, 1.807) is 12.1 Å². The molecule has 0 aliphatic heterocycles. The SMILES string of the molecule is CC(CCNC1CC1)Cc1ccc(Cl)cc1F. The van der Waals surface area contributed by atoms with Gasteiger partial charge in [-0.15, -0.1) is 0 Å². The van der Waals surface area contributed by atoms with Crippen LogP contribution in [0.4, 0.5) is 4.39 Å². The van der Waals surface area contributed by atoms with Crippen LogP contribution >= 0.6 is 11.6 Å². The molecule has 0 amide bonds. The van der Waals surface area contributed by atoms with Gasteiger partial charge in [-0.3, -0.25) is 0 Å². The van der Waals surface area contributed by atoms with E-state index in [0.29, 0.717) is 10.9 Å². The Bertz CT molecular complexity index is 376. The van der Waals surface area contributed by atoms with E-state index in [0.717, 1.165) is 31.0 Å². The van der Waals surface area contributed by atoms with E-state index in [1.165, 1.54) is 18.9 Å². The van der Waals surface area contributed by atoms with Gasteiger partial charge in [0.05, 0.1) is 0 Å². The monoisotopic (exact) mass is 255 g/mol. The molecular weight excluding hydrogens is 237 g/mol. The third-order valence-corrected chi connectivity index (χ3v) is 3.47. The highest BCUT2D eigenvalue weighted by molar-refractivity contribution is 6.30. The van der Waals surface area contributed by atoms with Gasteiger partial charge in [0.2, 0.25) is 0 Å². The van der Waals surface area contributed by atoms with E-state index < -0.39 is 0 Å². The molecule has 17 heavy (non-hydrogen) atoms. The quantitative estimate of drug-likeness (QED) is 0.815. The van der Waals surface area contributed by atoms with Crippen molar-refractivity contribution in [2.45, 2.75) is 38.6 Å². The van der Waals surface area contributed by atoms with Crippen LogP contribution in [-0.4, -0.2) is 12.6 Å². The molecule has 1 N–H and O–H groups in total. The number of benzene rings is 1. The lowest BCUT2D eigenvalue weighted by atomic mass is 9.98. The van der Waals surface area contributed by atoms with Crippen LogP contribution in [0.25, 0.3) is 0 Å². The number of hydrogen-bond acceptors (Lipinski definition) is 1. The maximum absolute atomic E-state index is 13.6. The Hall–Kier alpha value is -0.600. The fourth-order valence-corrected chi connectivity index (χ4v) is 2.14. The zero-order chi connectivity index (χ0) is 12.3. The van der Waals surface area contributed by atoms with Gasteiger partial charge in [0.1, 0.15) is 5.82 Å². The second-order valence-electron chi connectivity index (χ2n) is 5.06. The molecule has 0 bridgehead atoms. The van der Waals surface area contributed by atoms with Crippen LogP contribution in [0.1, 0.15) is 31.7 Å². The Labute approximate surface area is 107 Å². The standard InChI is InChI=1S/C14H19ClFN/c1-10(6-7-17-13-4-5-13)8-11-2-3-12(15)9-14(11)16/h2-3,9-10,13,17H,4-8H2,1H3. The van der Waals surface area contributed by atoms with E-state index in [4.69, 9.17) is 11.6 Å². The molecule has 1 aromatic carbocycles. The van der Waals surface area contributed by atoms with Crippen molar-refractivity contribution in [2.75, 3.05) is 6.54 Å². The first-order valence-corrected chi connectivity index (χ1v) is 6.70. The highest BCUT2D eigenvalue weighted by Gasteiger charge is 2.20. The summed E-state index contributed by atoms with van der Waals surface area (Å²) >= 11 is 5.73. The number of hydrogen-bond donors (Lipinski definition) is 1. The van der Waals surface area contributed by atoms with Gasteiger partial charge in [0, 0.05) is 11.1 Å². The molecule has 1 fully saturated rings. The molecular formula is C14H19ClFN. The summed E-state index contributed by atoms with van der Waals surface area (Å²) in [4.78, 5) is 0. The summed E-state index contributed by atoms with van der Waals surface area (Å²) in [7, 11) is 0. The van der Waals surface area contributed by atoms with E-state index in [1.807, 2.05) is 0 Å². The summed E-state index contributed by atoms with van der Waals surface area (Å²) in [5.41, 5.74) is 0.772. The van der Waals surface area contributed by atoms with E-state index in [2.05, 4.69) is 12.2 Å². The van der Waals surface area contributed by atoms with Gasteiger partial charge in [0.15, 0.2) is 0 Å². The van der Waals surface area contributed by atoms with E-state index in [-0.39, 0.29) is 5.82 Å². The molecule has 1 nitrogen and oxygen atoms in total. The molecule has 3 heteroatoms. The van der Waals surface area contributed by atoms with Gasteiger partial charge in [-0.05, 0) is 55.8 Å². The minimum absolute atomic E-state index is 0.181. The van der Waals surface area contributed by atoms with Gasteiger partial charge in [-0.2, -0.15) is 0 Å². The highest BCUT2D eigenvalue weighted by atomic mass is 35.5. The zero-order valence-corrected chi connectivity index (χ0v) is 10.9. The minimum atomic E-state index is -0.181. The van der Waals surface area contributed by atoms with Crippen molar-refractivity contribution in [1.82, 2.24) is 5.32 Å². The Morgan fingerprint density at radius 3 is 2.88 bits per heavy atom. The van der Waals surface area contributed by atoms with Gasteiger partial charge in [-0.25, -0.2) is 4.39 Å². The van der Waals surface area contributed by atoms with Crippen LogP contribution < -0.4 is 5.32 Å². The van der Waals surface area contributed by atoms with Crippen molar-refractivity contribution >= 4 is 11.6 Å². The third kappa shape index (κ3) is 4.29. The molecule has 1 aliphatic rings. The van der Waals surface area contributed by atoms with Crippen LogP contribution in [0.2, 0.25) is 5.02 Å². The van der Waals surface area contributed by atoms with Gasteiger partial charge in [0.25, 0.3) is 0 Å². The lowest BCUT2D eigenvalue weighted by Gasteiger charge is -2.12. The molecule has 1 aliphatic carbocycles. The summed E-state index contributed by atoms with van der Waals surface area (Å²) in [5, 5.41) is 3.95. The van der Waals surface area contributed by atoms with Crippen molar-refractivity contribution in [3.63, 3.8) is 0 Å². The van der Waals surface area contributed by atoms with Crippen molar-refractivity contribution in [1.29, 1.82) is 0 Å². The lowest BCUT2D eigenvalue weighted by Crippen LogP contribution is -2.20. The van der Waals surface area contributed by atoms with Crippen molar-refractivity contribution < 1.29 is 4.39 Å². The Morgan fingerprint density at radius 2 is 2.24 bits per heavy atom. The van der Waals surface area contributed by atoms with Crippen LogP contribution in [0.15, 0.2) is 18.2 Å². The smallest absolute Gasteiger partial charge is 0.127 e. The molecule has 0 saturated heterocycles. The van der Waals surface area contributed by atoms with Crippen LogP contribution in [-0.2, 0) is 6.42 Å². The highest BCUT2D eigenvalue weighted by Crippen LogP contribution is 2.20. The predicted octanol–water partition coefficient (Wildman–Crippen LogP) is 3.80. The number of nitrogens with one attached hydrogen (secondary N) is 1. The van der Waals surface area contributed by atoms with Gasteiger partial charge >= 0.3 is 0 Å². The van der Waals surface area contributed by atoms with Crippen molar-refractivity contribution in [3.8, 4) is 0 Å². The topological polar surface area (TPSA) is 12.0 Å². The first-order valence-electron chi connectivity index (χ1n) is 6.32. The predicted molar refractivity (Wildman–Crippen MR) is 69.9 cm³/mol. The Kier molecular flexibility index (Phi) is 4.41. The normalized spacial score (nSPS) is 17.1. The third-order valence-electron chi connectivity index (χ3n) is 3.23.